The van der Waals surface area contributed by atoms with Crippen LogP contribution >= 0.6 is 0 Å². The lowest BCUT2D eigenvalue weighted by Crippen LogP contribution is -2.11. The first-order valence-corrected chi connectivity index (χ1v) is 20.8. The fourth-order valence-electron chi connectivity index (χ4n) is 4.72. The molecule has 312 valence electrons. The fraction of sp³-hybridized carbons (Fsp3) is 0.273. The van der Waals surface area contributed by atoms with E-state index < -0.39 is 0 Å². The number of rotatable bonds is 6. The Bertz CT molecular complexity index is 1810. The largest absolute Gasteiger partial charge is 0.399 e. The van der Waals surface area contributed by atoms with Gasteiger partial charge in [-0.05, 0) is 77.9 Å². The molecule has 0 heterocycles. The number of benzene rings is 6. The van der Waals surface area contributed by atoms with Gasteiger partial charge < -0.3 is 16.4 Å². The zero-order valence-corrected chi connectivity index (χ0v) is 38.1. The number of nitrogens with two attached hydrogens (primary N) is 2. The Hall–Kier alpha value is -5.80. The summed E-state index contributed by atoms with van der Waals surface area (Å²) in [5, 5.41) is 0. The van der Waals surface area contributed by atoms with Gasteiger partial charge in [0.05, 0.1) is 0 Å². The minimum atomic E-state index is 0.621. The summed E-state index contributed by atoms with van der Waals surface area (Å²) in [7, 11) is 4.19. The van der Waals surface area contributed by atoms with Crippen LogP contribution in [0.25, 0.3) is 28.0 Å². The van der Waals surface area contributed by atoms with Gasteiger partial charge >= 0.3 is 0 Å². The van der Waals surface area contributed by atoms with Crippen molar-refractivity contribution in [1.82, 2.24) is 0 Å². The number of hydrogen-bond acceptors (Lipinski definition) is 3. The average Bonchev–Trinajstić information content (AvgIpc) is 3.27. The molecule has 0 aliphatic rings. The van der Waals surface area contributed by atoms with Crippen LogP contribution in [0.3, 0.4) is 0 Å². The molecule has 0 aliphatic heterocycles. The number of aryl methyl sites for hydroxylation is 3. The summed E-state index contributed by atoms with van der Waals surface area (Å²) < 4.78 is 0. The number of nitrogens with zero attached hydrogens (tertiary/aromatic N) is 1. The van der Waals surface area contributed by atoms with E-state index in [1.54, 1.807) is 0 Å². The first-order chi connectivity index (χ1) is 28.0. The van der Waals surface area contributed by atoms with Crippen LogP contribution in [-0.4, -0.2) is 14.1 Å². The zero-order chi connectivity index (χ0) is 44.1. The lowest BCUT2D eigenvalue weighted by molar-refractivity contribution is 0.886. The average molecular weight is 780 g/mol. The Labute approximate surface area is 356 Å². The van der Waals surface area contributed by atoms with Gasteiger partial charge in [-0.2, -0.15) is 0 Å². The lowest BCUT2D eigenvalue weighted by atomic mass is 9.99. The normalized spacial score (nSPS) is 8.88. The van der Waals surface area contributed by atoms with E-state index in [9.17, 15) is 0 Å². The van der Waals surface area contributed by atoms with E-state index in [0.717, 1.165) is 17.7 Å². The van der Waals surface area contributed by atoms with Crippen LogP contribution in [0.5, 0.6) is 0 Å². The number of nitrogen functional groups attached to an aromatic ring is 1. The molecule has 0 atom stereocenters. The minimum absolute atomic E-state index is 0.621. The molecule has 0 unspecified atom stereocenters. The van der Waals surface area contributed by atoms with Crippen LogP contribution in [0, 0.1) is 13.8 Å². The summed E-state index contributed by atoms with van der Waals surface area (Å²) in [5.41, 5.74) is 23.8. The smallest absolute Gasteiger partial charge is 0.0393 e. The summed E-state index contributed by atoms with van der Waals surface area (Å²) >= 11 is 0. The third-order valence-electron chi connectivity index (χ3n) is 7.93. The van der Waals surface area contributed by atoms with Crippen LogP contribution in [0.1, 0.15) is 90.0 Å². The standard InChI is InChI=1S/C17H21N.C12H11N.C8H9N.C7H8.C4H10.C3H8.C2H6.C2H4/c1-5-14-12-16(10-11-17(14)18(3)4)15-8-6-13(2)7-9-15;13-12-8-6-11(7-9-12)10-4-2-1-3-5-10;1-7(9)8-5-3-2-4-6-8;1-7-5-3-2-4-6-7;1-3-4-2;1-3-2;2*1-2/h6-12H,5H2,1-4H3;1-9H,13H2;2-6H,1,9H2;2-6H,1H3;3-4H2,1-2H3;3H2,1-2H3;1-2H3;1-2H2. The van der Waals surface area contributed by atoms with Crippen molar-refractivity contribution in [3.63, 3.8) is 0 Å². The molecule has 0 radical (unpaired) electrons. The topological polar surface area (TPSA) is 55.3 Å². The first kappa shape index (κ1) is 54.3. The van der Waals surface area contributed by atoms with Gasteiger partial charge in [0.1, 0.15) is 0 Å². The molecule has 0 saturated heterocycles. The molecule has 0 saturated carbocycles. The molecule has 0 aromatic heterocycles. The van der Waals surface area contributed by atoms with Crippen molar-refractivity contribution in [2.24, 2.45) is 5.73 Å². The van der Waals surface area contributed by atoms with Crippen LogP contribution in [-0.2, 0) is 6.42 Å². The van der Waals surface area contributed by atoms with E-state index in [2.05, 4.69) is 154 Å². The van der Waals surface area contributed by atoms with Crippen molar-refractivity contribution in [2.45, 2.75) is 88.0 Å². The van der Waals surface area contributed by atoms with Gasteiger partial charge in [-0.15, -0.1) is 13.2 Å². The van der Waals surface area contributed by atoms with Gasteiger partial charge in [-0.25, -0.2) is 0 Å². The van der Waals surface area contributed by atoms with Crippen LogP contribution in [0.2, 0.25) is 0 Å². The quantitative estimate of drug-likeness (QED) is 0.131. The van der Waals surface area contributed by atoms with Gasteiger partial charge in [-0.1, -0.05) is 219 Å². The highest BCUT2D eigenvalue weighted by Crippen LogP contribution is 2.27. The van der Waals surface area contributed by atoms with Crippen LogP contribution in [0.4, 0.5) is 11.4 Å². The predicted octanol–water partition coefficient (Wildman–Crippen LogP) is 15.9. The van der Waals surface area contributed by atoms with Gasteiger partial charge in [-0.3, -0.25) is 0 Å². The minimum Gasteiger partial charge on any atom is -0.399 e. The molecule has 4 N–H and O–H groups in total. The molecule has 0 bridgehead atoms. The molecule has 6 aromatic rings. The van der Waals surface area contributed by atoms with Crippen molar-refractivity contribution < 1.29 is 0 Å². The first-order valence-electron chi connectivity index (χ1n) is 20.8. The maximum absolute atomic E-state index is 5.60. The molecule has 0 fully saturated rings. The molecule has 3 nitrogen and oxygen atoms in total. The maximum atomic E-state index is 5.60. The summed E-state index contributed by atoms with van der Waals surface area (Å²) in [4.78, 5) is 2.18. The molecule has 0 aliphatic carbocycles. The summed E-state index contributed by atoms with van der Waals surface area (Å²) in [5.74, 6) is 0. The Morgan fingerprint density at radius 2 is 0.879 bits per heavy atom. The zero-order valence-electron chi connectivity index (χ0n) is 38.1. The van der Waals surface area contributed by atoms with E-state index in [0.29, 0.717) is 5.70 Å². The Kier molecular flexibility index (Phi) is 33.3. The second-order valence-corrected chi connectivity index (χ2v) is 13.2. The number of hydrogen-bond donors (Lipinski definition) is 2. The summed E-state index contributed by atoms with van der Waals surface area (Å²) in [6.45, 7) is 28.6. The molecule has 3 heteroatoms. The van der Waals surface area contributed by atoms with Crippen molar-refractivity contribution in [3.05, 3.63) is 200 Å². The fourth-order valence-corrected chi connectivity index (χ4v) is 4.72. The lowest BCUT2D eigenvalue weighted by Gasteiger charge is -2.18. The molecule has 0 amide bonds. The van der Waals surface area contributed by atoms with Gasteiger partial charge in [0.15, 0.2) is 0 Å². The van der Waals surface area contributed by atoms with E-state index in [4.69, 9.17) is 11.5 Å². The summed E-state index contributed by atoms with van der Waals surface area (Å²) in [6.07, 6.45) is 4.95. The Balaban J connectivity index is 0. The molecular formula is C55H77N3. The van der Waals surface area contributed by atoms with Crippen LogP contribution in [0.15, 0.2) is 177 Å². The van der Waals surface area contributed by atoms with Crippen molar-refractivity contribution in [1.29, 1.82) is 0 Å². The number of unbranched alkanes of at least 4 members (excludes halogenated alkanes) is 1. The molecule has 6 rings (SSSR count). The van der Waals surface area contributed by atoms with Crippen molar-refractivity contribution in [3.8, 4) is 22.3 Å². The highest BCUT2D eigenvalue weighted by atomic mass is 15.1. The molecule has 0 spiro atoms. The maximum Gasteiger partial charge on any atom is 0.0393 e. The Morgan fingerprint density at radius 1 is 0.517 bits per heavy atom. The van der Waals surface area contributed by atoms with Crippen LogP contribution < -0.4 is 16.4 Å². The Morgan fingerprint density at radius 3 is 1.24 bits per heavy atom. The molecule has 58 heavy (non-hydrogen) atoms. The second-order valence-electron chi connectivity index (χ2n) is 13.2. The van der Waals surface area contributed by atoms with E-state index in [-0.39, 0.29) is 0 Å². The SMILES string of the molecule is C=C.C=C(N)c1ccccc1.CC.CCC.CCCC.CCc1cc(-c2ccc(C)cc2)ccc1N(C)C.Cc1ccccc1.Nc1ccc(-c2ccccc2)cc1. The third-order valence-corrected chi connectivity index (χ3v) is 7.93. The van der Waals surface area contributed by atoms with Crippen molar-refractivity contribution in [2.75, 3.05) is 24.7 Å². The predicted molar refractivity (Wildman–Crippen MR) is 267 cm³/mol. The highest BCUT2D eigenvalue weighted by molar-refractivity contribution is 5.69. The molecular weight excluding hydrogens is 703 g/mol. The number of anilines is 2. The monoisotopic (exact) mass is 780 g/mol. The summed E-state index contributed by atoms with van der Waals surface area (Å²) in [6, 6.07) is 53.6. The van der Waals surface area contributed by atoms with Gasteiger partial charge in [0.25, 0.3) is 0 Å². The van der Waals surface area contributed by atoms with E-state index >= 15 is 0 Å². The second kappa shape index (κ2) is 35.6. The van der Waals surface area contributed by atoms with E-state index in [1.165, 1.54) is 63.9 Å². The highest BCUT2D eigenvalue weighted by Gasteiger charge is 2.05. The van der Waals surface area contributed by atoms with E-state index in [1.807, 2.05) is 105 Å². The molecule has 6 aromatic carbocycles. The van der Waals surface area contributed by atoms with Gasteiger partial charge in [0, 0.05) is 31.2 Å². The third kappa shape index (κ3) is 24.7. The van der Waals surface area contributed by atoms with Crippen molar-refractivity contribution >= 4 is 17.1 Å². The van der Waals surface area contributed by atoms with Gasteiger partial charge in [0.2, 0.25) is 0 Å².